The second kappa shape index (κ2) is 5.15. The van der Waals surface area contributed by atoms with Crippen molar-refractivity contribution in [3.63, 3.8) is 0 Å². The van der Waals surface area contributed by atoms with E-state index in [1.54, 1.807) is 7.11 Å². The van der Waals surface area contributed by atoms with E-state index in [4.69, 9.17) is 16.3 Å². The lowest BCUT2D eigenvalue weighted by atomic mass is 9.95. The van der Waals surface area contributed by atoms with Crippen molar-refractivity contribution < 1.29 is 4.74 Å². The van der Waals surface area contributed by atoms with Gasteiger partial charge < -0.3 is 4.74 Å². The molecule has 0 bridgehead atoms. The van der Waals surface area contributed by atoms with Crippen LogP contribution in [0.3, 0.4) is 0 Å². The molecule has 1 heterocycles. The third kappa shape index (κ3) is 2.74. The van der Waals surface area contributed by atoms with Gasteiger partial charge in [0, 0.05) is 12.5 Å². The number of methoxy groups -OCH3 is 1. The fourth-order valence-electron chi connectivity index (χ4n) is 1.67. The largest absolute Gasteiger partial charge is 0.383 e. The average molecular weight is 246 g/mol. The van der Waals surface area contributed by atoms with Gasteiger partial charge in [-0.1, -0.05) is 27.7 Å². The second-order valence-corrected chi connectivity index (χ2v) is 5.27. The van der Waals surface area contributed by atoms with Gasteiger partial charge in [-0.05, 0) is 18.0 Å². The first kappa shape index (κ1) is 13.5. The molecule has 1 aromatic heterocycles. The Kier molecular flexibility index (Phi) is 4.33. The van der Waals surface area contributed by atoms with Gasteiger partial charge in [0.15, 0.2) is 0 Å². The Morgan fingerprint density at radius 1 is 1.38 bits per heavy atom. The highest BCUT2D eigenvalue weighted by molar-refractivity contribution is 6.28. The number of rotatable bonds is 4. The summed E-state index contributed by atoms with van der Waals surface area (Å²) in [5.41, 5.74) is -0.0682. The molecule has 16 heavy (non-hydrogen) atoms. The summed E-state index contributed by atoms with van der Waals surface area (Å²) in [6.45, 7) is 9.03. The molecule has 1 rings (SSSR count). The molecular formula is C11H20ClN3O. The Morgan fingerprint density at radius 2 is 2.00 bits per heavy atom. The maximum absolute atomic E-state index is 6.09. The van der Waals surface area contributed by atoms with Crippen molar-refractivity contribution >= 4 is 11.6 Å². The Balaban J connectivity index is 3.14. The van der Waals surface area contributed by atoms with Gasteiger partial charge in [0.05, 0.1) is 12.6 Å². The van der Waals surface area contributed by atoms with Crippen LogP contribution in [0.25, 0.3) is 0 Å². The minimum Gasteiger partial charge on any atom is -0.383 e. The van der Waals surface area contributed by atoms with Crippen molar-refractivity contribution in [2.45, 2.75) is 45.6 Å². The van der Waals surface area contributed by atoms with Crippen LogP contribution >= 0.6 is 11.6 Å². The summed E-state index contributed by atoms with van der Waals surface area (Å²) in [6, 6.07) is 0.196. The Bertz CT molecular complexity index is 343. The quantitative estimate of drug-likeness (QED) is 0.819. The average Bonchev–Trinajstić information content (AvgIpc) is 2.56. The molecule has 0 N–H and O–H groups in total. The van der Waals surface area contributed by atoms with E-state index in [2.05, 4.69) is 37.9 Å². The predicted molar refractivity (Wildman–Crippen MR) is 64.9 cm³/mol. The smallest absolute Gasteiger partial charge is 0.225 e. The lowest BCUT2D eigenvalue weighted by Crippen LogP contribution is -2.24. The minimum atomic E-state index is -0.0682. The zero-order valence-electron chi connectivity index (χ0n) is 10.6. The van der Waals surface area contributed by atoms with Crippen LogP contribution in [0.4, 0.5) is 0 Å². The summed E-state index contributed by atoms with van der Waals surface area (Å²) < 4.78 is 7.18. The number of ether oxygens (including phenoxy) is 1. The third-order valence-electron chi connectivity index (χ3n) is 2.52. The lowest BCUT2D eigenvalue weighted by Gasteiger charge is -2.24. The Hall–Kier alpha value is -0.610. The number of hydrogen-bond acceptors (Lipinski definition) is 3. The highest BCUT2D eigenvalue weighted by Crippen LogP contribution is 2.27. The standard InChI is InChI=1S/C11H20ClN3O/c1-6-8(7-16-5)15-9(11(2,3)4)13-14-10(15)12/h8H,6-7H2,1-5H3. The van der Waals surface area contributed by atoms with Gasteiger partial charge in [-0.3, -0.25) is 4.57 Å². The molecule has 1 unspecified atom stereocenters. The molecule has 0 saturated heterocycles. The zero-order chi connectivity index (χ0) is 12.3. The van der Waals surface area contributed by atoms with Crippen molar-refractivity contribution in [1.29, 1.82) is 0 Å². The third-order valence-corrected chi connectivity index (χ3v) is 2.78. The molecule has 92 valence electrons. The van der Waals surface area contributed by atoms with E-state index < -0.39 is 0 Å². The summed E-state index contributed by atoms with van der Waals surface area (Å²) in [7, 11) is 1.69. The maximum atomic E-state index is 6.09. The molecule has 0 saturated carbocycles. The molecule has 0 aromatic carbocycles. The van der Waals surface area contributed by atoms with Gasteiger partial charge in [-0.2, -0.15) is 0 Å². The minimum absolute atomic E-state index is 0.0682. The maximum Gasteiger partial charge on any atom is 0.225 e. The van der Waals surface area contributed by atoms with Crippen molar-refractivity contribution in [2.24, 2.45) is 0 Å². The highest BCUT2D eigenvalue weighted by atomic mass is 35.5. The van der Waals surface area contributed by atoms with E-state index in [0.29, 0.717) is 11.9 Å². The lowest BCUT2D eigenvalue weighted by molar-refractivity contribution is 0.150. The summed E-state index contributed by atoms with van der Waals surface area (Å²) in [4.78, 5) is 0. The number of aromatic nitrogens is 3. The molecule has 4 nitrogen and oxygen atoms in total. The first-order valence-corrected chi connectivity index (χ1v) is 5.89. The van der Waals surface area contributed by atoms with Crippen LogP contribution in [-0.2, 0) is 10.2 Å². The molecule has 0 fully saturated rings. The van der Waals surface area contributed by atoms with Crippen LogP contribution in [0.15, 0.2) is 0 Å². The second-order valence-electron chi connectivity index (χ2n) is 4.93. The molecule has 1 aromatic rings. The van der Waals surface area contributed by atoms with Crippen molar-refractivity contribution in [3.05, 3.63) is 11.1 Å². The topological polar surface area (TPSA) is 39.9 Å². The predicted octanol–water partition coefficient (Wildman–Crippen LogP) is 2.83. The summed E-state index contributed by atoms with van der Waals surface area (Å²) in [5, 5.41) is 8.56. The molecule has 0 aliphatic rings. The van der Waals surface area contributed by atoms with Gasteiger partial charge >= 0.3 is 0 Å². The molecule has 5 heteroatoms. The van der Waals surface area contributed by atoms with E-state index in [9.17, 15) is 0 Å². The first-order chi connectivity index (χ1) is 7.41. The highest BCUT2D eigenvalue weighted by Gasteiger charge is 2.26. The SMILES string of the molecule is CCC(COC)n1c(Cl)nnc1C(C)(C)C. The Morgan fingerprint density at radius 3 is 2.44 bits per heavy atom. The summed E-state index contributed by atoms with van der Waals surface area (Å²) >= 11 is 6.09. The van der Waals surface area contributed by atoms with E-state index >= 15 is 0 Å². The number of halogens is 1. The van der Waals surface area contributed by atoms with Gasteiger partial charge in [0.1, 0.15) is 5.82 Å². The van der Waals surface area contributed by atoms with Crippen LogP contribution in [0, 0.1) is 0 Å². The van der Waals surface area contributed by atoms with Crippen LogP contribution < -0.4 is 0 Å². The molecule has 0 amide bonds. The number of nitrogens with zero attached hydrogens (tertiary/aromatic N) is 3. The fraction of sp³-hybridized carbons (Fsp3) is 0.818. The Labute approximate surface area is 102 Å². The van der Waals surface area contributed by atoms with Crippen molar-refractivity contribution in [2.75, 3.05) is 13.7 Å². The van der Waals surface area contributed by atoms with Gasteiger partial charge in [-0.25, -0.2) is 0 Å². The van der Waals surface area contributed by atoms with E-state index in [-0.39, 0.29) is 11.5 Å². The molecular weight excluding hydrogens is 226 g/mol. The van der Waals surface area contributed by atoms with Crippen LogP contribution in [0.2, 0.25) is 5.28 Å². The monoisotopic (exact) mass is 245 g/mol. The van der Waals surface area contributed by atoms with Crippen LogP contribution in [0.1, 0.15) is 46.0 Å². The van der Waals surface area contributed by atoms with E-state index in [0.717, 1.165) is 12.2 Å². The molecule has 1 atom stereocenters. The summed E-state index contributed by atoms with van der Waals surface area (Å²) in [5.74, 6) is 0.904. The van der Waals surface area contributed by atoms with Gasteiger partial charge in [0.2, 0.25) is 5.28 Å². The normalized spacial score (nSPS) is 14.1. The van der Waals surface area contributed by atoms with Gasteiger partial charge in [-0.15, -0.1) is 10.2 Å². The van der Waals surface area contributed by atoms with E-state index in [1.807, 2.05) is 4.57 Å². The van der Waals surface area contributed by atoms with Crippen LogP contribution in [-0.4, -0.2) is 28.5 Å². The van der Waals surface area contributed by atoms with Crippen molar-refractivity contribution in [1.82, 2.24) is 14.8 Å². The van der Waals surface area contributed by atoms with Crippen LogP contribution in [0.5, 0.6) is 0 Å². The molecule has 0 aliphatic carbocycles. The fourth-order valence-corrected chi connectivity index (χ4v) is 1.93. The number of hydrogen-bond donors (Lipinski definition) is 0. The van der Waals surface area contributed by atoms with Crippen molar-refractivity contribution in [3.8, 4) is 0 Å². The zero-order valence-corrected chi connectivity index (χ0v) is 11.4. The molecule has 0 spiro atoms. The van der Waals surface area contributed by atoms with Gasteiger partial charge in [0.25, 0.3) is 0 Å². The summed E-state index contributed by atoms with van der Waals surface area (Å²) in [6.07, 6.45) is 0.939. The molecule has 0 radical (unpaired) electrons. The molecule has 0 aliphatic heterocycles. The van der Waals surface area contributed by atoms with E-state index in [1.165, 1.54) is 0 Å². The first-order valence-electron chi connectivity index (χ1n) is 5.51.